The smallest absolute Gasteiger partial charge is 0.240 e. The topological polar surface area (TPSA) is 101 Å². The van der Waals surface area contributed by atoms with Gasteiger partial charge in [0.15, 0.2) is 11.5 Å². The number of nitrogens with zero attached hydrogens (tertiary/aromatic N) is 2. The largest absolute Gasteiger partial charge is 0.488 e. The molecule has 0 saturated carbocycles. The Morgan fingerprint density at radius 2 is 2.03 bits per heavy atom. The molecule has 2 heterocycles. The van der Waals surface area contributed by atoms with E-state index >= 15 is 0 Å². The molecule has 2 aromatic carbocycles. The molecule has 0 aromatic heterocycles. The first-order valence-electron chi connectivity index (χ1n) is 10.3. The van der Waals surface area contributed by atoms with Crippen LogP contribution in [0.5, 0.6) is 17.2 Å². The maximum Gasteiger partial charge on any atom is 0.240 e. The molecule has 0 amide bonds. The first-order chi connectivity index (χ1) is 15.0. The number of likely N-dealkylation sites (tertiary alicyclic amines) is 1. The van der Waals surface area contributed by atoms with Crippen molar-refractivity contribution < 1.29 is 22.6 Å². The van der Waals surface area contributed by atoms with Gasteiger partial charge in [-0.25, -0.2) is 13.1 Å². The van der Waals surface area contributed by atoms with Gasteiger partial charge in [0.05, 0.1) is 16.5 Å². The lowest BCUT2D eigenvalue weighted by Gasteiger charge is -2.22. The Bertz CT molecular complexity index is 1070. The van der Waals surface area contributed by atoms with Crippen molar-refractivity contribution in [3.05, 3.63) is 48.0 Å². The highest BCUT2D eigenvalue weighted by Gasteiger charge is 2.25. The Kier molecular flexibility index (Phi) is 6.61. The van der Waals surface area contributed by atoms with Crippen LogP contribution >= 0.6 is 0 Å². The average Bonchev–Trinajstić information content (AvgIpc) is 3.26. The zero-order valence-electron chi connectivity index (χ0n) is 17.1. The van der Waals surface area contributed by atoms with Gasteiger partial charge in [0.25, 0.3) is 0 Å². The summed E-state index contributed by atoms with van der Waals surface area (Å²) >= 11 is 0. The number of nitriles is 1. The molecular weight excluding hydrogens is 418 g/mol. The van der Waals surface area contributed by atoms with Gasteiger partial charge in [-0.3, -0.25) is 4.90 Å². The summed E-state index contributed by atoms with van der Waals surface area (Å²) in [5.41, 5.74) is 0.326. The molecule has 0 aliphatic carbocycles. The summed E-state index contributed by atoms with van der Waals surface area (Å²) in [6.45, 7) is 4.38. The second-order valence-electron chi connectivity index (χ2n) is 7.58. The Morgan fingerprint density at radius 3 is 2.90 bits per heavy atom. The molecule has 1 N–H and O–H groups in total. The number of ether oxygens (including phenoxy) is 3. The molecule has 2 aliphatic heterocycles. The summed E-state index contributed by atoms with van der Waals surface area (Å²) < 4.78 is 44.8. The van der Waals surface area contributed by atoms with Crippen LogP contribution in [-0.4, -0.2) is 59.3 Å². The fourth-order valence-corrected chi connectivity index (χ4v) is 4.93. The quantitative estimate of drug-likeness (QED) is 0.666. The highest BCUT2D eigenvalue weighted by molar-refractivity contribution is 7.89. The van der Waals surface area contributed by atoms with E-state index in [0.29, 0.717) is 49.2 Å². The number of nitrogens with one attached hydrogen (secondary N) is 1. The van der Waals surface area contributed by atoms with Crippen LogP contribution in [0.4, 0.5) is 0 Å². The molecule has 1 fully saturated rings. The lowest BCUT2D eigenvalue weighted by Crippen LogP contribution is -2.32. The third kappa shape index (κ3) is 5.28. The standard InChI is InChI=1S/C22H25N3O5S/c23-14-17-3-1-4-19(13-17)31(26,27)24-15-18-7-8-25(16-18)9-10-28-20-5-2-6-21-22(20)30-12-11-29-21/h1-6,13,18,24H,7-12,15-16H2. The molecule has 0 bridgehead atoms. The van der Waals surface area contributed by atoms with Crippen LogP contribution < -0.4 is 18.9 Å². The third-order valence-corrected chi connectivity index (χ3v) is 6.82. The van der Waals surface area contributed by atoms with E-state index in [0.717, 1.165) is 26.1 Å². The van der Waals surface area contributed by atoms with E-state index in [2.05, 4.69) is 9.62 Å². The van der Waals surface area contributed by atoms with Crippen molar-refractivity contribution in [3.8, 4) is 23.3 Å². The molecule has 2 aliphatic rings. The van der Waals surface area contributed by atoms with E-state index in [1.54, 1.807) is 12.1 Å². The summed E-state index contributed by atoms with van der Waals surface area (Å²) in [5.74, 6) is 2.27. The van der Waals surface area contributed by atoms with E-state index in [9.17, 15) is 8.42 Å². The van der Waals surface area contributed by atoms with E-state index in [-0.39, 0.29) is 10.8 Å². The molecule has 1 unspecified atom stereocenters. The molecule has 164 valence electrons. The number of rotatable bonds is 8. The Morgan fingerprint density at radius 1 is 1.19 bits per heavy atom. The predicted octanol–water partition coefficient (Wildman–Crippen LogP) is 2.01. The van der Waals surface area contributed by atoms with Crippen LogP contribution in [0.25, 0.3) is 0 Å². The normalized spacial score (nSPS) is 18.5. The first-order valence-corrected chi connectivity index (χ1v) is 11.8. The van der Waals surface area contributed by atoms with Crippen LogP contribution in [0.2, 0.25) is 0 Å². The van der Waals surface area contributed by atoms with Crippen molar-refractivity contribution in [2.75, 3.05) is 46.0 Å². The second kappa shape index (κ2) is 9.56. The summed E-state index contributed by atoms with van der Waals surface area (Å²) in [6.07, 6.45) is 0.915. The van der Waals surface area contributed by atoms with Gasteiger partial charge in [-0.05, 0) is 49.2 Å². The Hall–Kier alpha value is -2.80. The van der Waals surface area contributed by atoms with Gasteiger partial charge in [0.1, 0.15) is 19.8 Å². The number of hydrogen-bond donors (Lipinski definition) is 1. The summed E-state index contributed by atoms with van der Waals surface area (Å²) in [4.78, 5) is 2.38. The molecule has 4 rings (SSSR count). The number of para-hydroxylation sites is 1. The van der Waals surface area contributed by atoms with E-state index in [1.807, 2.05) is 24.3 Å². The highest BCUT2D eigenvalue weighted by atomic mass is 32.2. The highest BCUT2D eigenvalue weighted by Crippen LogP contribution is 2.38. The molecule has 9 heteroatoms. The van der Waals surface area contributed by atoms with Gasteiger partial charge in [0.2, 0.25) is 15.8 Å². The van der Waals surface area contributed by atoms with Gasteiger partial charge in [-0.1, -0.05) is 12.1 Å². The minimum atomic E-state index is -3.63. The number of sulfonamides is 1. The van der Waals surface area contributed by atoms with Gasteiger partial charge in [-0.15, -0.1) is 0 Å². The van der Waals surface area contributed by atoms with E-state index < -0.39 is 10.0 Å². The van der Waals surface area contributed by atoms with Crippen molar-refractivity contribution in [2.24, 2.45) is 5.92 Å². The molecule has 0 spiro atoms. The fraction of sp³-hybridized carbons (Fsp3) is 0.409. The second-order valence-corrected chi connectivity index (χ2v) is 9.34. The molecule has 1 saturated heterocycles. The number of hydrogen-bond acceptors (Lipinski definition) is 7. The molecule has 1 atom stereocenters. The Balaban J connectivity index is 1.23. The lowest BCUT2D eigenvalue weighted by molar-refractivity contribution is 0.158. The number of fused-ring (bicyclic) bond motifs is 1. The zero-order valence-corrected chi connectivity index (χ0v) is 17.9. The SMILES string of the molecule is N#Cc1cccc(S(=O)(=O)NCC2CCN(CCOc3cccc4c3OCCO4)C2)c1. The van der Waals surface area contributed by atoms with Crippen LogP contribution in [0.15, 0.2) is 47.4 Å². The van der Waals surface area contributed by atoms with Gasteiger partial charge < -0.3 is 14.2 Å². The number of benzene rings is 2. The predicted molar refractivity (Wildman–Crippen MR) is 114 cm³/mol. The van der Waals surface area contributed by atoms with Crippen molar-refractivity contribution in [2.45, 2.75) is 11.3 Å². The van der Waals surface area contributed by atoms with Gasteiger partial charge >= 0.3 is 0 Å². The maximum absolute atomic E-state index is 12.5. The van der Waals surface area contributed by atoms with Gasteiger partial charge in [0, 0.05) is 19.6 Å². The average molecular weight is 444 g/mol. The van der Waals surface area contributed by atoms with Crippen molar-refractivity contribution in [1.82, 2.24) is 9.62 Å². The molecule has 2 aromatic rings. The van der Waals surface area contributed by atoms with Crippen molar-refractivity contribution in [3.63, 3.8) is 0 Å². The van der Waals surface area contributed by atoms with Gasteiger partial charge in [-0.2, -0.15) is 5.26 Å². The Labute approximate surface area is 182 Å². The summed E-state index contributed by atoms with van der Waals surface area (Å²) in [5, 5.41) is 8.97. The minimum absolute atomic E-state index is 0.118. The van der Waals surface area contributed by atoms with Crippen LogP contribution in [-0.2, 0) is 10.0 Å². The molecule has 0 radical (unpaired) electrons. The van der Waals surface area contributed by atoms with Crippen molar-refractivity contribution in [1.29, 1.82) is 5.26 Å². The zero-order chi connectivity index (χ0) is 21.7. The van der Waals surface area contributed by atoms with Crippen LogP contribution in [0.1, 0.15) is 12.0 Å². The third-order valence-electron chi connectivity index (χ3n) is 5.40. The van der Waals surface area contributed by atoms with Crippen molar-refractivity contribution >= 4 is 10.0 Å². The molecule has 8 nitrogen and oxygen atoms in total. The van der Waals surface area contributed by atoms with E-state index in [1.165, 1.54) is 12.1 Å². The van der Waals surface area contributed by atoms with E-state index in [4.69, 9.17) is 19.5 Å². The maximum atomic E-state index is 12.5. The summed E-state index contributed by atoms with van der Waals surface area (Å²) in [6, 6.07) is 13.6. The fourth-order valence-electron chi connectivity index (χ4n) is 3.77. The summed E-state index contributed by atoms with van der Waals surface area (Å²) in [7, 11) is -3.63. The van der Waals surface area contributed by atoms with Crippen LogP contribution in [0.3, 0.4) is 0 Å². The minimum Gasteiger partial charge on any atom is -0.488 e. The molecular formula is C22H25N3O5S. The van der Waals surface area contributed by atoms with Crippen LogP contribution in [0, 0.1) is 17.2 Å². The monoisotopic (exact) mass is 443 g/mol. The lowest BCUT2D eigenvalue weighted by atomic mass is 10.1. The molecule has 31 heavy (non-hydrogen) atoms. The first kappa shape index (κ1) is 21.4.